The fraction of sp³-hybridized carbons (Fsp3) is 0.167. The zero-order valence-corrected chi connectivity index (χ0v) is 13.7. The Kier molecular flexibility index (Phi) is 5.77. The molecule has 0 aliphatic rings. The van der Waals surface area contributed by atoms with Crippen molar-refractivity contribution in [3.63, 3.8) is 0 Å². The lowest BCUT2D eigenvalue weighted by Gasteiger charge is -2.15. The van der Waals surface area contributed by atoms with Gasteiger partial charge in [0.2, 0.25) is 5.91 Å². The smallest absolute Gasteiger partial charge is 0.246 e. The van der Waals surface area contributed by atoms with E-state index in [9.17, 15) is 9.18 Å². The van der Waals surface area contributed by atoms with E-state index in [-0.39, 0.29) is 16.5 Å². The number of carbonyl (C=O) groups excluding carboxylic acids is 1. The number of methoxy groups -OCH3 is 1. The van der Waals surface area contributed by atoms with E-state index in [1.807, 2.05) is 24.3 Å². The second-order valence-electron chi connectivity index (χ2n) is 5.01. The summed E-state index contributed by atoms with van der Waals surface area (Å²) in [5.74, 6) is 0.0289. The standard InChI is InChI=1S/C18H17ClFNO2/c1-21(12-13-5-3-6-14(11-13)23-2)18(22)10-9-15-16(19)7-4-8-17(15)20/h3-11H,12H2,1-2H3. The zero-order chi connectivity index (χ0) is 16.8. The van der Waals surface area contributed by atoms with Crippen LogP contribution in [0.2, 0.25) is 5.02 Å². The van der Waals surface area contributed by atoms with E-state index >= 15 is 0 Å². The van der Waals surface area contributed by atoms with Crippen molar-refractivity contribution in [3.05, 3.63) is 70.5 Å². The van der Waals surface area contributed by atoms with Crippen LogP contribution in [0.15, 0.2) is 48.5 Å². The minimum Gasteiger partial charge on any atom is -0.497 e. The molecule has 0 aliphatic carbocycles. The summed E-state index contributed by atoms with van der Waals surface area (Å²) in [7, 11) is 3.27. The Labute approximate surface area is 139 Å². The molecule has 0 aliphatic heterocycles. The molecule has 5 heteroatoms. The van der Waals surface area contributed by atoms with Gasteiger partial charge in [-0.15, -0.1) is 0 Å². The molecule has 2 aromatic carbocycles. The minimum absolute atomic E-state index is 0.206. The summed E-state index contributed by atoms with van der Waals surface area (Å²) in [6, 6.07) is 11.9. The molecular weight excluding hydrogens is 317 g/mol. The van der Waals surface area contributed by atoms with Crippen LogP contribution in [0.1, 0.15) is 11.1 Å². The van der Waals surface area contributed by atoms with Gasteiger partial charge in [-0.1, -0.05) is 29.8 Å². The topological polar surface area (TPSA) is 29.5 Å². The number of nitrogens with zero attached hydrogens (tertiary/aromatic N) is 1. The molecule has 0 atom stereocenters. The van der Waals surface area contributed by atoms with Crippen molar-refractivity contribution in [2.75, 3.05) is 14.2 Å². The van der Waals surface area contributed by atoms with Crippen LogP contribution in [-0.2, 0) is 11.3 Å². The third-order valence-electron chi connectivity index (χ3n) is 3.32. The lowest BCUT2D eigenvalue weighted by atomic mass is 10.2. The summed E-state index contributed by atoms with van der Waals surface area (Å²) in [4.78, 5) is 13.7. The van der Waals surface area contributed by atoms with Crippen LogP contribution in [-0.4, -0.2) is 25.0 Å². The van der Waals surface area contributed by atoms with E-state index in [1.165, 1.54) is 29.2 Å². The van der Waals surface area contributed by atoms with Crippen LogP contribution in [0.25, 0.3) is 6.08 Å². The molecule has 23 heavy (non-hydrogen) atoms. The second kappa shape index (κ2) is 7.79. The third kappa shape index (κ3) is 4.57. The van der Waals surface area contributed by atoms with E-state index in [0.29, 0.717) is 6.54 Å². The van der Waals surface area contributed by atoms with Crippen LogP contribution in [0.3, 0.4) is 0 Å². The molecule has 3 nitrogen and oxygen atoms in total. The lowest BCUT2D eigenvalue weighted by molar-refractivity contribution is -0.125. The molecule has 120 valence electrons. The Morgan fingerprint density at radius 3 is 2.74 bits per heavy atom. The summed E-state index contributed by atoms with van der Waals surface area (Å²) in [5.41, 5.74) is 1.15. The van der Waals surface area contributed by atoms with Crippen molar-refractivity contribution in [3.8, 4) is 5.75 Å². The van der Waals surface area contributed by atoms with E-state index in [4.69, 9.17) is 16.3 Å². The lowest BCUT2D eigenvalue weighted by Crippen LogP contribution is -2.24. The van der Waals surface area contributed by atoms with Gasteiger partial charge in [0.25, 0.3) is 0 Å². The molecule has 2 aromatic rings. The molecule has 0 unspecified atom stereocenters. The first-order valence-electron chi connectivity index (χ1n) is 7.01. The van der Waals surface area contributed by atoms with Crippen LogP contribution in [0, 0.1) is 5.82 Å². The molecule has 0 fully saturated rings. The molecule has 0 bridgehead atoms. The quantitative estimate of drug-likeness (QED) is 0.769. The molecule has 0 saturated heterocycles. The first-order valence-corrected chi connectivity index (χ1v) is 7.39. The first kappa shape index (κ1) is 17.0. The zero-order valence-electron chi connectivity index (χ0n) is 12.9. The number of halogens is 2. The highest BCUT2D eigenvalue weighted by atomic mass is 35.5. The normalized spacial score (nSPS) is 10.8. The fourth-order valence-electron chi connectivity index (χ4n) is 2.07. The molecule has 0 saturated carbocycles. The van der Waals surface area contributed by atoms with E-state index in [1.54, 1.807) is 20.2 Å². The Morgan fingerprint density at radius 2 is 2.04 bits per heavy atom. The van der Waals surface area contributed by atoms with Gasteiger partial charge in [-0.25, -0.2) is 4.39 Å². The Morgan fingerprint density at radius 1 is 1.30 bits per heavy atom. The van der Waals surface area contributed by atoms with Gasteiger partial charge in [-0.3, -0.25) is 4.79 Å². The van der Waals surface area contributed by atoms with E-state index in [0.717, 1.165) is 11.3 Å². The van der Waals surface area contributed by atoms with E-state index < -0.39 is 5.82 Å². The Hall–Kier alpha value is -2.33. The molecule has 0 radical (unpaired) electrons. The maximum absolute atomic E-state index is 13.7. The SMILES string of the molecule is COc1cccc(CN(C)C(=O)C=Cc2c(F)cccc2Cl)c1. The van der Waals surface area contributed by atoms with Gasteiger partial charge in [0, 0.05) is 25.2 Å². The largest absolute Gasteiger partial charge is 0.497 e. The summed E-state index contributed by atoms with van der Waals surface area (Å²) in [5, 5.41) is 0.268. The average Bonchev–Trinajstić information content (AvgIpc) is 2.54. The summed E-state index contributed by atoms with van der Waals surface area (Å²) in [6.07, 6.45) is 2.70. The number of likely N-dealkylation sites (N-methyl/N-ethyl adjacent to an activating group) is 1. The second-order valence-corrected chi connectivity index (χ2v) is 5.42. The number of amides is 1. The van der Waals surface area contributed by atoms with Gasteiger partial charge in [0.05, 0.1) is 12.1 Å². The average molecular weight is 334 g/mol. The van der Waals surface area contributed by atoms with Gasteiger partial charge in [0.15, 0.2) is 0 Å². The first-order chi connectivity index (χ1) is 11.0. The molecule has 0 aromatic heterocycles. The number of hydrogen-bond acceptors (Lipinski definition) is 2. The van der Waals surface area contributed by atoms with Crippen molar-refractivity contribution >= 4 is 23.6 Å². The van der Waals surface area contributed by atoms with Crippen LogP contribution >= 0.6 is 11.6 Å². The molecule has 1 amide bonds. The molecule has 2 rings (SSSR count). The van der Waals surface area contributed by atoms with Gasteiger partial charge in [-0.2, -0.15) is 0 Å². The van der Waals surface area contributed by atoms with Gasteiger partial charge < -0.3 is 9.64 Å². The van der Waals surface area contributed by atoms with Crippen molar-refractivity contribution in [2.24, 2.45) is 0 Å². The molecule has 0 spiro atoms. The monoisotopic (exact) mass is 333 g/mol. The summed E-state index contributed by atoms with van der Waals surface area (Å²) < 4.78 is 18.8. The number of hydrogen-bond donors (Lipinski definition) is 0. The predicted molar refractivity (Wildman–Crippen MR) is 89.9 cm³/mol. The Bertz CT molecular complexity index is 710. The maximum atomic E-state index is 13.7. The third-order valence-corrected chi connectivity index (χ3v) is 3.65. The fourth-order valence-corrected chi connectivity index (χ4v) is 2.30. The van der Waals surface area contributed by atoms with E-state index in [2.05, 4.69) is 0 Å². The number of ether oxygens (including phenoxy) is 1. The van der Waals surface area contributed by atoms with Crippen molar-refractivity contribution in [1.29, 1.82) is 0 Å². The molecule has 0 heterocycles. The number of carbonyl (C=O) groups is 1. The van der Waals surface area contributed by atoms with Crippen molar-refractivity contribution in [1.82, 2.24) is 4.90 Å². The minimum atomic E-state index is -0.461. The Balaban J connectivity index is 2.06. The molecular formula is C18H17ClFNO2. The number of benzene rings is 2. The van der Waals surface area contributed by atoms with Crippen molar-refractivity contribution < 1.29 is 13.9 Å². The van der Waals surface area contributed by atoms with Gasteiger partial charge in [0.1, 0.15) is 11.6 Å². The van der Waals surface area contributed by atoms with Crippen LogP contribution < -0.4 is 4.74 Å². The summed E-state index contributed by atoms with van der Waals surface area (Å²) in [6.45, 7) is 0.422. The van der Waals surface area contributed by atoms with Gasteiger partial charge >= 0.3 is 0 Å². The predicted octanol–water partition coefficient (Wildman–Crippen LogP) is 4.16. The maximum Gasteiger partial charge on any atom is 0.246 e. The molecule has 0 N–H and O–H groups in total. The highest BCUT2D eigenvalue weighted by Crippen LogP contribution is 2.20. The van der Waals surface area contributed by atoms with Crippen LogP contribution in [0.4, 0.5) is 4.39 Å². The number of rotatable bonds is 5. The van der Waals surface area contributed by atoms with Gasteiger partial charge in [-0.05, 0) is 35.9 Å². The van der Waals surface area contributed by atoms with Crippen molar-refractivity contribution in [2.45, 2.75) is 6.54 Å². The highest BCUT2D eigenvalue weighted by molar-refractivity contribution is 6.32. The summed E-state index contributed by atoms with van der Waals surface area (Å²) >= 11 is 5.93. The van der Waals surface area contributed by atoms with Crippen LogP contribution in [0.5, 0.6) is 5.75 Å². The highest BCUT2D eigenvalue weighted by Gasteiger charge is 2.08.